The van der Waals surface area contributed by atoms with E-state index in [0.29, 0.717) is 0 Å². The van der Waals surface area contributed by atoms with E-state index < -0.39 is 0 Å². The van der Waals surface area contributed by atoms with Crippen LogP contribution in [0, 0.1) is 0 Å². The van der Waals surface area contributed by atoms with Crippen LogP contribution in [0.3, 0.4) is 0 Å². The normalized spacial score (nSPS) is 11.4. The maximum absolute atomic E-state index is 5.22. The van der Waals surface area contributed by atoms with E-state index >= 15 is 0 Å². The molecule has 0 atom stereocenters. The summed E-state index contributed by atoms with van der Waals surface area (Å²) in [7, 11) is 0. The highest BCUT2D eigenvalue weighted by molar-refractivity contribution is 6.10. The quantitative estimate of drug-likeness (QED) is 0.140. The first-order chi connectivity index (χ1) is 43.6. The predicted molar refractivity (Wildman–Crippen MR) is 357 cm³/mol. The third kappa shape index (κ3) is 9.62. The fraction of sp³-hybridized carbons (Fsp3) is 0. The second-order valence-electron chi connectivity index (χ2n) is 21.6. The largest absolute Gasteiger partial charge is 0.294 e. The molecule has 0 aliphatic rings. The smallest absolute Gasteiger partial charge is 0.138 e. The van der Waals surface area contributed by atoms with Gasteiger partial charge < -0.3 is 0 Å². The minimum Gasteiger partial charge on any atom is -0.294 e. The summed E-state index contributed by atoms with van der Waals surface area (Å²) in [6, 6.07) is 93.9. The lowest BCUT2D eigenvalue weighted by Gasteiger charge is -2.12. The Kier molecular flexibility index (Phi) is 12.9. The standard InChI is InChI=1S/C42H27N5.C36H23N5/c1-2-11-29(12-3-1)35-15-8-16-36(44-35)38-25-32(31-21-20-28-10-4-5-13-30(28)24-31)26-39(45-38)37-17-9-19-42(46-37)47-40-18-7-6-14-33(40)34-22-23-43-27-41(34)47;1-2-9-25-20-26(16-15-24(25)8-1)27-21-32(30-11-5-6-18-38-30)39-33(22-27)31-12-7-14-36(40-31)41-34-13-4-3-10-28(34)29-23-37-19-17-35(29)41/h1-27H;1-23H. The first-order valence-electron chi connectivity index (χ1n) is 29.2. The molecule has 0 radical (unpaired) electrons. The molecular weight excluding hydrogens is 1080 g/mol. The average molecular weight is 1130 g/mol. The molecule has 0 unspecified atom stereocenters. The van der Waals surface area contributed by atoms with E-state index in [0.717, 1.165) is 129 Å². The summed E-state index contributed by atoms with van der Waals surface area (Å²) < 4.78 is 4.38. The molecule has 0 saturated heterocycles. The molecule has 0 amide bonds. The summed E-state index contributed by atoms with van der Waals surface area (Å²) >= 11 is 0. The zero-order valence-electron chi connectivity index (χ0n) is 47.3. The fourth-order valence-corrected chi connectivity index (χ4v) is 12.0. The molecule has 0 aliphatic carbocycles. The van der Waals surface area contributed by atoms with E-state index in [1.165, 1.54) is 26.9 Å². The van der Waals surface area contributed by atoms with E-state index in [-0.39, 0.29) is 0 Å². The molecule has 0 bridgehead atoms. The van der Waals surface area contributed by atoms with Crippen LogP contribution in [0.15, 0.2) is 304 Å². The maximum atomic E-state index is 5.22. The number of fused-ring (bicyclic) bond motifs is 8. The first kappa shape index (κ1) is 51.5. The second-order valence-corrected chi connectivity index (χ2v) is 21.6. The number of benzene rings is 7. The Morgan fingerprint density at radius 2 is 0.659 bits per heavy atom. The van der Waals surface area contributed by atoms with Crippen molar-refractivity contribution in [2.45, 2.75) is 0 Å². The Morgan fingerprint density at radius 1 is 0.216 bits per heavy atom. The lowest BCUT2D eigenvalue weighted by atomic mass is 9.99. The Hall–Kier alpha value is -12.1. The van der Waals surface area contributed by atoms with Crippen LogP contribution in [0.5, 0.6) is 0 Å². The number of aromatic nitrogens is 10. The minimum atomic E-state index is 0.776. The molecule has 0 aliphatic heterocycles. The van der Waals surface area contributed by atoms with Gasteiger partial charge in [0.15, 0.2) is 0 Å². The number of nitrogens with zero attached hydrogens (tertiary/aromatic N) is 10. The van der Waals surface area contributed by atoms with Crippen LogP contribution < -0.4 is 0 Å². The monoisotopic (exact) mass is 1130 g/mol. The topological polar surface area (TPSA) is 113 Å². The molecule has 17 rings (SSSR count). The van der Waals surface area contributed by atoms with Gasteiger partial charge in [0, 0.05) is 51.9 Å². The van der Waals surface area contributed by atoms with Crippen molar-refractivity contribution < 1.29 is 0 Å². The van der Waals surface area contributed by atoms with Gasteiger partial charge in [-0.15, -0.1) is 0 Å². The Morgan fingerprint density at radius 3 is 1.27 bits per heavy atom. The molecular formula is C78H50N10. The van der Waals surface area contributed by atoms with Crippen molar-refractivity contribution in [1.82, 2.24) is 49.0 Å². The van der Waals surface area contributed by atoms with E-state index in [9.17, 15) is 0 Å². The zero-order valence-corrected chi connectivity index (χ0v) is 47.3. The lowest BCUT2D eigenvalue weighted by molar-refractivity contribution is 1.07. The highest BCUT2D eigenvalue weighted by atomic mass is 15.1. The molecule has 0 fully saturated rings. The number of hydrogen-bond acceptors (Lipinski definition) is 8. The van der Waals surface area contributed by atoms with Gasteiger partial charge in [0.25, 0.3) is 0 Å². The molecule has 0 spiro atoms. The summed E-state index contributed by atoms with van der Waals surface area (Å²) in [6.07, 6.45) is 9.30. The van der Waals surface area contributed by atoms with E-state index in [4.69, 9.17) is 24.9 Å². The Bertz CT molecular complexity index is 5380. The van der Waals surface area contributed by atoms with Crippen LogP contribution in [0.1, 0.15) is 0 Å². The molecule has 0 saturated carbocycles. The second kappa shape index (κ2) is 22.1. The van der Waals surface area contributed by atoms with E-state index in [1.807, 2.05) is 122 Å². The summed E-state index contributed by atoms with van der Waals surface area (Å²) in [5, 5.41) is 9.37. The predicted octanol–water partition coefficient (Wildman–Crippen LogP) is 18.7. The molecule has 10 heterocycles. The van der Waals surface area contributed by atoms with Gasteiger partial charge in [-0.05, 0) is 153 Å². The van der Waals surface area contributed by atoms with E-state index in [1.54, 1.807) is 6.20 Å². The van der Waals surface area contributed by atoms with E-state index in [2.05, 4.69) is 200 Å². The van der Waals surface area contributed by atoms with Crippen molar-refractivity contribution in [3.63, 3.8) is 0 Å². The van der Waals surface area contributed by atoms with Crippen LogP contribution in [0.25, 0.3) is 156 Å². The molecule has 10 heteroatoms. The van der Waals surface area contributed by atoms with Gasteiger partial charge in [0.2, 0.25) is 0 Å². The fourth-order valence-electron chi connectivity index (χ4n) is 12.0. The van der Waals surface area contributed by atoms with Crippen molar-refractivity contribution in [2.75, 3.05) is 0 Å². The molecule has 412 valence electrons. The number of para-hydroxylation sites is 2. The van der Waals surface area contributed by atoms with Crippen LogP contribution in [-0.2, 0) is 0 Å². The summed E-state index contributed by atoms with van der Waals surface area (Å²) in [6.45, 7) is 0. The highest BCUT2D eigenvalue weighted by Crippen LogP contribution is 2.37. The van der Waals surface area contributed by atoms with Crippen LogP contribution in [0.4, 0.5) is 0 Å². The third-order valence-electron chi connectivity index (χ3n) is 16.2. The van der Waals surface area contributed by atoms with Crippen molar-refractivity contribution in [2.24, 2.45) is 0 Å². The van der Waals surface area contributed by atoms with Gasteiger partial charge in [-0.25, -0.2) is 24.9 Å². The lowest BCUT2D eigenvalue weighted by Crippen LogP contribution is -2.00. The van der Waals surface area contributed by atoms with Gasteiger partial charge in [-0.1, -0.05) is 164 Å². The van der Waals surface area contributed by atoms with Crippen LogP contribution >= 0.6 is 0 Å². The first-order valence-corrected chi connectivity index (χ1v) is 29.2. The highest BCUT2D eigenvalue weighted by Gasteiger charge is 2.19. The Balaban J connectivity index is 0.000000143. The molecule has 10 nitrogen and oxygen atoms in total. The van der Waals surface area contributed by atoms with Crippen molar-refractivity contribution in [1.29, 1.82) is 0 Å². The van der Waals surface area contributed by atoms with Gasteiger partial charge in [0.1, 0.15) is 11.6 Å². The summed E-state index contributed by atoms with van der Waals surface area (Å²) in [5.41, 5.74) is 16.9. The number of hydrogen-bond donors (Lipinski definition) is 0. The molecule has 17 aromatic rings. The summed E-state index contributed by atoms with van der Waals surface area (Å²) in [4.78, 5) is 39.1. The molecule has 10 aromatic heterocycles. The summed E-state index contributed by atoms with van der Waals surface area (Å²) in [5.74, 6) is 1.64. The maximum Gasteiger partial charge on any atom is 0.138 e. The molecule has 7 aromatic carbocycles. The number of rotatable bonds is 9. The van der Waals surface area contributed by atoms with Gasteiger partial charge in [0.05, 0.1) is 79.5 Å². The minimum absolute atomic E-state index is 0.776. The van der Waals surface area contributed by atoms with Crippen LogP contribution in [-0.4, -0.2) is 49.0 Å². The van der Waals surface area contributed by atoms with Gasteiger partial charge in [-0.2, -0.15) is 0 Å². The van der Waals surface area contributed by atoms with Gasteiger partial charge >= 0.3 is 0 Å². The third-order valence-corrected chi connectivity index (χ3v) is 16.2. The Labute approximate surface area is 506 Å². The average Bonchev–Trinajstić information content (AvgIpc) is 1.85. The van der Waals surface area contributed by atoms with Crippen molar-refractivity contribution in [3.05, 3.63) is 304 Å². The van der Waals surface area contributed by atoms with Crippen molar-refractivity contribution >= 4 is 65.2 Å². The van der Waals surface area contributed by atoms with Crippen LogP contribution in [0.2, 0.25) is 0 Å². The zero-order chi connectivity index (χ0) is 58.3. The SMILES string of the molecule is c1ccc(-c2cc(-c3ccc4ccccc4c3)cc(-c3cccc(-n4c5ccccc5c5cnccc54)n3)n2)nc1.c1ccc(-c2cccc(-c3cc(-c4ccc5ccccc5c4)cc(-c4cccc(-n5c6ccccc6c6ccncc65)n4)n3)n2)cc1. The molecule has 0 N–H and O–H groups in total. The van der Waals surface area contributed by atoms with Gasteiger partial charge in [-0.3, -0.25) is 24.1 Å². The number of pyridine rings is 8. The molecule has 88 heavy (non-hydrogen) atoms. The van der Waals surface area contributed by atoms with Crippen molar-refractivity contribution in [3.8, 4) is 90.7 Å².